The highest BCUT2D eigenvalue weighted by molar-refractivity contribution is 5.76. The Labute approximate surface area is 166 Å². The lowest BCUT2D eigenvalue weighted by Gasteiger charge is -2.21. The molecule has 0 unspecified atom stereocenters. The van der Waals surface area contributed by atoms with Gasteiger partial charge in [-0.05, 0) is 55.4 Å². The van der Waals surface area contributed by atoms with E-state index in [1.54, 1.807) is 6.26 Å². The Hall–Kier alpha value is -2.82. The quantitative estimate of drug-likeness (QED) is 0.595. The Morgan fingerprint density at radius 2 is 2.00 bits per heavy atom. The van der Waals surface area contributed by atoms with E-state index in [9.17, 15) is 4.79 Å². The van der Waals surface area contributed by atoms with E-state index in [1.165, 1.54) is 23.2 Å². The first kappa shape index (κ1) is 18.5. The average Bonchev–Trinajstić information content (AvgIpc) is 3.43. The van der Waals surface area contributed by atoms with Crippen molar-refractivity contribution < 1.29 is 9.21 Å². The van der Waals surface area contributed by atoms with Crippen molar-refractivity contribution in [3.05, 3.63) is 77.0 Å². The normalized spacial score (nSPS) is 12.9. The molecular formula is C23H27N3O2. The van der Waals surface area contributed by atoms with Crippen LogP contribution in [0, 0.1) is 0 Å². The lowest BCUT2D eigenvalue weighted by atomic mass is 10.1. The van der Waals surface area contributed by atoms with Crippen LogP contribution in [0.4, 0.5) is 0 Å². The standard InChI is InChI=1S/C23H27N3O2/c1-25-22-13-6-12-20(22)21(24-25)17-26(16-19-11-7-15-28-19)23(27)14-5-10-18-8-3-2-4-9-18/h2-4,7-9,11,15H,5-6,10,12-14,16-17H2,1H3. The molecule has 0 fully saturated rings. The van der Waals surface area contributed by atoms with E-state index in [4.69, 9.17) is 9.52 Å². The number of amides is 1. The maximum absolute atomic E-state index is 13.0. The van der Waals surface area contributed by atoms with Gasteiger partial charge in [-0.3, -0.25) is 9.48 Å². The molecule has 28 heavy (non-hydrogen) atoms. The summed E-state index contributed by atoms with van der Waals surface area (Å²) in [6, 6.07) is 14.1. The van der Waals surface area contributed by atoms with Crippen LogP contribution in [-0.2, 0) is 44.2 Å². The first-order chi connectivity index (χ1) is 13.7. The van der Waals surface area contributed by atoms with Crippen molar-refractivity contribution in [1.29, 1.82) is 0 Å². The van der Waals surface area contributed by atoms with Crippen molar-refractivity contribution in [2.75, 3.05) is 0 Å². The van der Waals surface area contributed by atoms with E-state index < -0.39 is 0 Å². The van der Waals surface area contributed by atoms with E-state index >= 15 is 0 Å². The topological polar surface area (TPSA) is 51.3 Å². The van der Waals surface area contributed by atoms with Gasteiger partial charge in [0.2, 0.25) is 5.91 Å². The minimum Gasteiger partial charge on any atom is -0.467 e. The van der Waals surface area contributed by atoms with Gasteiger partial charge < -0.3 is 9.32 Å². The van der Waals surface area contributed by atoms with Gasteiger partial charge in [0, 0.05) is 19.2 Å². The van der Waals surface area contributed by atoms with Crippen LogP contribution in [0.15, 0.2) is 53.1 Å². The van der Waals surface area contributed by atoms with Crippen LogP contribution in [-0.4, -0.2) is 20.6 Å². The number of benzene rings is 1. The molecule has 5 heteroatoms. The third-order valence-corrected chi connectivity index (χ3v) is 5.52. The molecule has 0 spiro atoms. The average molecular weight is 377 g/mol. The summed E-state index contributed by atoms with van der Waals surface area (Å²) in [5.41, 5.74) is 4.97. The molecule has 146 valence electrons. The lowest BCUT2D eigenvalue weighted by molar-refractivity contribution is -0.132. The molecule has 1 aromatic carbocycles. The summed E-state index contributed by atoms with van der Waals surface area (Å²) >= 11 is 0. The second-order valence-electron chi connectivity index (χ2n) is 7.52. The van der Waals surface area contributed by atoms with Crippen LogP contribution in [0.2, 0.25) is 0 Å². The van der Waals surface area contributed by atoms with Crippen LogP contribution < -0.4 is 0 Å². The molecular weight excluding hydrogens is 350 g/mol. The van der Waals surface area contributed by atoms with Crippen molar-refractivity contribution in [2.45, 2.75) is 51.6 Å². The fourth-order valence-electron chi connectivity index (χ4n) is 4.07. The second-order valence-corrected chi connectivity index (χ2v) is 7.52. The van der Waals surface area contributed by atoms with Gasteiger partial charge in [-0.1, -0.05) is 30.3 Å². The van der Waals surface area contributed by atoms with E-state index in [2.05, 4.69) is 12.1 Å². The summed E-state index contributed by atoms with van der Waals surface area (Å²) in [7, 11) is 2.01. The summed E-state index contributed by atoms with van der Waals surface area (Å²) in [6.45, 7) is 1.04. The van der Waals surface area contributed by atoms with Crippen molar-refractivity contribution in [3.8, 4) is 0 Å². The number of hydrogen-bond donors (Lipinski definition) is 0. The molecule has 2 aromatic heterocycles. The second kappa shape index (κ2) is 8.46. The summed E-state index contributed by atoms with van der Waals surface area (Å²) in [6.07, 6.45) is 7.28. The molecule has 1 aliphatic carbocycles. The highest BCUT2D eigenvalue weighted by Crippen LogP contribution is 2.26. The number of carbonyl (C=O) groups is 1. The molecule has 0 atom stereocenters. The number of fused-ring (bicyclic) bond motifs is 1. The van der Waals surface area contributed by atoms with Gasteiger partial charge in [0.05, 0.1) is 25.0 Å². The molecule has 3 aromatic rings. The number of aromatic nitrogens is 2. The van der Waals surface area contributed by atoms with Gasteiger partial charge in [0.25, 0.3) is 0 Å². The predicted molar refractivity (Wildman–Crippen MR) is 108 cm³/mol. The first-order valence-corrected chi connectivity index (χ1v) is 10.1. The highest BCUT2D eigenvalue weighted by atomic mass is 16.3. The zero-order chi connectivity index (χ0) is 19.3. The first-order valence-electron chi connectivity index (χ1n) is 10.1. The van der Waals surface area contributed by atoms with Crippen LogP contribution in [0.1, 0.15) is 47.5 Å². The van der Waals surface area contributed by atoms with Gasteiger partial charge in [0.15, 0.2) is 0 Å². The Kier molecular flexibility index (Phi) is 5.60. The van der Waals surface area contributed by atoms with E-state index in [-0.39, 0.29) is 5.91 Å². The van der Waals surface area contributed by atoms with Gasteiger partial charge in [-0.25, -0.2) is 0 Å². The molecule has 0 N–H and O–H groups in total. The number of aryl methyl sites for hydroxylation is 2. The Balaban J connectivity index is 1.44. The number of nitrogens with zero attached hydrogens (tertiary/aromatic N) is 3. The molecule has 2 heterocycles. The van der Waals surface area contributed by atoms with E-state index in [0.29, 0.717) is 19.5 Å². The van der Waals surface area contributed by atoms with E-state index in [1.807, 2.05) is 47.0 Å². The number of furan rings is 1. The van der Waals surface area contributed by atoms with Crippen LogP contribution in [0.3, 0.4) is 0 Å². The largest absolute Gasteiger partial charge is 0.467 e. The molecule has 4 rings (SSSR count). The number of hydrogen-bond acceptors (Lipinski definition) is 3. The molecule has 0 radical (unpaired) electrons. The molecule has 0 saturated heterocycles. The highest BCUT2D eigenvalue weighted by Gasteiger charge is 2.24. The van der Waals surface area contributed by atoms with Crippen molar-refractivity contribution >= 4 is 5.91 Å². The third-order valence-electron chi connectivity index (χ3n) is 5.52. The zero-order valence-electron chi connectivity index (χ0n) is 16.4. The lowest BCUT2D eigenvalue weighted by Crippen LogP contribution is -2.30. The fraction of sp³-hybridized carbons (Fsp3) is 0.391. The Morgan fingerprint density at radius 1 is 1.14 bits per heavy atom. The molecule has 0 bridgehead atoms. The smallest absolute Gasteiger partial charge is 0.223 e. The molecule has 1 amide bonds. The minimum atomic E-state index is 0.157. The Morgan fingerprint density at radius 3 is 2.79 bits per heavy atom. The van der Waals surface area contributed by atoms with Crippen molar-refractivity contribution in [3.63, 3.8) is 0 Å². The molecule has 1 aliphatic rings. The molecule has 0 saturated carbocycles. The SMILES string of the molecule is Cn1nc(CN(Cc2ccco2)C(=O)CCCc2ccccc2)c2c1CCC2. The summed E-state index contributed by atoms with van der Waals surface area (Å²) in [4.78, 5) is 14.9. The molecule has 5 nitrogen and oxygen atoms in total. The zero-order valence-corrected chi connectivity index (χ0v) is 16.4. The monoisotopic (exact) mass is 377 g/mol. The predicted octanol–water partition coefficient (Wildman–Crippen LogP) is 4.05. The van der Waals surface area contributed by atoms with Gasteiger partial charge in [0.1, 0.15) is 5.76 Å². The third kappa shape index (κ3) is 4.19. The Bertz CT molecular complexity index is 913. The molecule has 0 aliphatic heterocycles. The van der Waals surface area contributed by atoms with Gasteiger partial charge in [-0.15, -0.1) is 0 Å². The van der Waals surface area contributed by atoms with Crippen LogP contribution in [0.25, 0.3) is 0 Å². The summed E-state index contributed by atoms with van der Waals surface area (Å²) in [5, 5.41) is 4.70. The van der Waals surface area contributed by atoms with Crippen LogP contribution in [0.5, 0.6) is 0 Å². The summed E-state index contributed by atoms with van der Waals surface area (Å²) in [5.74, 6) is 0.966. The maximum Gasteiger partial charge on any atom is 0.223 e. The maximum atomic E-state index is 13.0. The van der Waals surface area contributed by atoms with E-state index in [0.717, 1.165) is 37.1 Å². The van der Waals surface area contributed by atoms with Crippen LogP contribution >= 0.6 is 0 Å². The number of carbonyl (C=O) groups excluding carboxylic acids is 1. The van der Waals surface area contributed by atoms with Gasteiger partial charge >= 0.3 is 0 Å². The van der Waals surface area contributed by atoms with Crippen molar-refractivity contribution in [2.24, 2.45) is 7.05 Å². The minimum absolute atomic E-state index is 0.157. The van der Waals surface area contributed by atoms with Gasteiger partial charge in [-0.2, -0.15) is 5.10 Å². The number of rotatable bonds is 8. The summed E-state index contributed by atoms with van der Waals surface area (Å²) < 4.78 is 7.49. The fourth-order valence-corrected chi connectivity index (χ4v) is 4.07. The van der Waals surface area contributed by atoms with Crippen molar-refractivity contribution in [1.82, 2.24) is 14.7 Å².